The second kappa shape index (κ2) is 14.7. The fraction of sp³-hybridized carbons (Fsp3) is 0.167. The molecule has 0 aromatic heterocycles. The number of benzene rings is 3. The number of esters is 1. The van der Waals surface area contributed by atoms with E-state index in [4.69, 9.17) is 49.0 Å². The number of ether oxygens (including phenoxy) is 3. The van der Waals surface area contributed by atoms with E-state index >= 15 is 0 Å². The van der Waals surface area contributed by atoms with Gasteiger partial charge < -0.3 is 19.3 Å². The number of rotatable bonds is 9. The first-order valence-electron chi connectivity index (χ1n) is 12.5. The number of carbonyl (C=O) groups excluding carboxylic acids is 2. The molecule has 218 valence electrons. The highest BCUT2D eigenvalue weighted by Gasteiger charge is 2.34. The summed E-state index contributed by atoms with van der Waals surface area (Å²) in [6, 6.07) is 15.2. The molecule has 3 aromatic carbocycles. The van der Waals surface area contributed by atoms with Crippen molar-refractivity contribution in [3.05, 3.63) is 106 Å². The van der Waals surface area contributed by atoms with Crippen LogP contribution in [0.2, 0.25) is 15.1 Å². The summed E-state index contributed by atoms with van der Waals surface area (Å²) in [7, 11) is 0. The predicted molar refractivity (Wildman–Crippen MR) is 176 cm³/mol. The maximum absolute atomic E-state index is 12.9. The Labute approximate surface area is 275 Å². The summed E-state index contributed by atoms with van der Waals surface area (Å²) >= 11 is 21.6. The summed E-state index contributed by atoms with van der Waals surface area (Å²) < 4.78 is 17.8. The summed E-state index contributed by atoms with van der Waals surface area (Å²) in [5, 5.41) is 12.3. The zero-order valence-corrected chi connectivity index (χ0v) is 27.5. The minimum Gasteiger partial charge on any atom is -0.506 e. The van der Waals surface area contributed by atoms with Crippen LogP contribution in [0, 0.1) is 3.57 Å². The number of thioether (sulfide) groups is 1. The van der Waals surface area contributed by atoms with E-state index in [2.05, 4.69) is 27.6 Å². The van der Waals surface area contributed by atoms with Crippen molar-refractivity contribution in [1.82, 2.24) is 0 Å². The van der Waals surface area contributed by atoms with Crippen LogP contribution < -0.4 is 9.47 Å². The van der Waals surface area contributed by atoms with E-state index in [0.717, 1.165) is 20.9 Å². The standard InChI is InChI=1S/C30H23Cl3INO6S/c1-3-39-23-12-16(11-22(34)27(23)41-15-17-9-10-18(31)14-21(17)33)13-24-26(36)25(30(38)40-4-2)29(42-24)35-28(37)19-7-5-6-8-20(19)32/h5-14,36H,3-4,15H2,1-2H3/b24-13-,35-29?. The summed E-state index contributed by atoms with van der Waals surface area (Å²) in [5.41, 5.74) is 1.37. The highest BCUT2D eigenvalue weighted by Crippen LogP contribution is 2.41. The van der Waals surface area contributed by atoms with Gasteiger partial charge in [0.15, 0.2) is 11.5 Å². The second-order valence-corrected chi connectivity index (χ2v) is 12.0. The highest BCUT2D eigenvalue weighted by atomic mass is 127. The summed E-state index contributed by atoms with van der Waals surface area (Å²) in [4.78, 5) is 30.1. The molecule has 0 saturated carbocycles. The number of hydrogen-bond acceptors (Lipinski definition) is 7. The molecule has 0 aliphatic carbocycles. The molecule has 0 unspecified atom stereocenters. The van der Waals surface area contributed by atoms with Crippen molar-refractivity contribution >= 4 is 92.2 Å². The minimum atomic E-state index is -0.800. The Morgan fingerprint density at radius 2 is 1.76 bits per heavy atom. The summed E-state index contributed by atoms with van der Waals surface area (Å²) in [6.45, 7) is 4.13. The number of amides is 1. The highest BCUT2D eigenvalue weighted by molar-refractivity contribution is 14.1. The van der Waals surface area contributed by atoms with E-state index in [9.17, 15) is 14.7 Å². The first-order valence-corrected chi connectivity index (χ1v) is 15.6. The third kappa shape index (κ3) is 7.62. The molecule has 0 saturated heterocycles. The van der Waals surface area contributed by atoms with E-state index < -0.39 is 11.9 Å². The Kier molecular flexibility index (Phi) is 11.2. The molecule has 1 N–H and O–H groups in total. The van der Waals surface area contributed by atoms with E-state index in [1.54, 1.807) is 55.5 Å². The number of carbonyl (C=O) groups is 2. The van der Waals surface area contributed by atoms with E-state index in [1.165, 1.54) is 6.07 Å². The SMILES string of the molecule is CCOC(=O)C1=C(O)/C(=C/c2cc(I)c(OCc3ccc(Cl)cc3Cl)c(OCC)c2)SC1=NC(=O)c1ccccc1Cl. The molecule has 12 heteroatoms. The van der Waals surface area contributed by atoms with Crippen LogP contribution in [0.15, 0.2) is 75.8 Å². The molecule has 3 aromatic rings. The van der Waals surface area contributed by atoms with Crippen molar-refractivity contribution in [3.63, 3.8) is 0 Å². The van der Waals surface area contributed by atoms with Crippen molar-refractivity contribution in [3.8, 4) is 11.5 Å². The van der Waals surface area contributed by atoms with Gasteiger partial charge in [0.05, 0.1) is 32.3 Å². The topological polar surface area (TPSA) is 94.4 Å². The first kappa shape index (κ1) is 32.2. The van der Waals surface area contributed by atoms with Gasteiger partial charge in [0.2, 0.25) is 0 Å². The van der Waals surface area contributed by atoms with Gasteiger partial charge in [0.25, 0.3) is 5.91 Å². The van der Waals surface area contributed by atoms with Crippen LogP contribution in [-0.4, -0.2) is 35.2 Å². The third-order valence-corrected chi connectivity index (χ3v) is 8.43. The molecule has 1 heterocycles. The van der Waals surface area contributed by atoms with E-state index in [1.807, 2.05) is 13.0 Å². The van der Waals surface area contributed by atoms with Crippen LogP contribution in [-0.2, 0) is 16.1 Å². The van der Waals surface area contributed by atoms with Gasteiger partial charge in [-0.1, -0.05) is 64.8 Å². The molecule has 1 aliphatic heterocycles. The van der Waals surface area contributed by atoms with Crippen LogP contribution in [0.5, 0.6) is 11.5 Å². The Morgan fingerprint density at radius 1 is 1.00 bits per heavy atom. The Hall–Kier alpha value is -2.70. The average Bonchev–Trinajstić information content (AvgIpc) is 3.23. The quantitative estimate of drug-likeness (QED) is 0.172. The summed E-state index contributed by atoms with van der Waals surface area (Å²) in [6.07, 6.45) is 1.66. The monoisotopic (exact) mass is 757 g/mol. The number of aliphatic hydroxyl groups is 1. The molecular formula is C30H23Cl3INO6S. The fourth-order valence-electron chi connectivity index (χ4n) is 3.79. The largest absolute Gasteiger partial charge is 0.506 e. The maximum atomic E-state index is 12.9. The van der Waals surface area contributed by atoms with Crippen molar-refractivity contribution in [2.45, 2.75) is 20.5 Å². The van der Waals surface area contributed by atoms with E-state index in [-0.39, 0.29) is 40.2 Å². The molecule has 0 spiro atoms. The lowest BCUT2D eigenvalue weighted by Crippen LogP contribution is -2.14. The van der Waals surface area contributed by atoms with E-state index in [0.29, 0.717) is 38.6 Å². The van der Waals surface area contributed by atoms with Crippen LogP contribution in [0.4, 0.5) is 0 Å². The third-order valence-electron chi connectivity index (χ3n) is 5.69. The van der Waals surface area contributed by atoms with Crippen molar-refractivity contribution in [2.75, 3.05) is 13.2 Å². The number of aliphatic imine (C=N–C) groups is 1. The molecule has 0 radical (unpaired) electrons. The molecular weight excluding hydrogens is 736 g/mol. The molecule has 0 bridgehead atoms. The van der Waals surface area contributed by atoms with Gasteiger partial charge in [-0.05, 0) is 84.5 Å². The van der Waals surface area contributed by atoms with Crippen LogP contribution in [0.1, 0.15) is 35.3 Å². The molecule has 1 aliphatic rings. The van der Waals surface area contributed by atoms with Crippen LogP contribution in [0.25, 0.3) is 6.08 Å². The smallest absolute Gasteiger partial charge is 0.344 e. The fourth-order valence-corrected chi connectivity index (χ4v) is 6.27. The lowest BCUT2D eigenvalue weighted by Gasteiger charge is -2.15. The van der Waals surface area contributed by atoms with Gasteiger partial charge in [-0.25, -0.2) is 9.79 Å². The van der Waals surface area contributed by atoms with Gasteiger partial charge in [0, 0.05) is 15.6 Å². The molecule has 42 heavy (non-hydrogen) atoms. The number of nitrogens with zero attached hydrogens (tertiary/aromatic N) is 1. The zero-order chi connectivity index (χ0) is 30.4. The van der Waals surface area contributed by atoms with Crippen LogP contribution in [0.3, 0.4) is 0 Å². The lowest BCUT2D eigenvalue weighted by molar-refractivity contribution is -0.138. The predicted octanol–water partition coefficient (Wildman–Crippen LogP) is 8.93. The lowest BCUT2D eigenvalue weighted by atomic mass is 10.1. The molecule has 4 rings (SSSR count). The minimum absolute atomic E-state index is 0.00152. The van der Waals surface area contributed by atoms with Gasteiger partial charge in [-0.3, -0.25) is 4.79 Å². The normalized spacial score (nSPS) is 14.9. The molecule has 0 fully saturated rings. The second-order valence-electron chi connectivity index (χ2n) is 8.54. The first-order chi connectivity index (χ1) is 20.1. The Balaban J connectivity index is 1.69. The van der Waals surface area contributed by atoms with Crippen molar-refractivity contribution in [1.29, 1.82) is 0 Å². The molecule has 7 nitrogen and oxygen atoms in total. The van der Waals surface area contributed by atoms with Gasteiger partial charge in [-0.15, -0.1) is 0 Å². The molecule has 1 amide bonds. The maximum Gasteiger partial charge on any atom is 0.344 e. The van der Waals surface area contributed by atoms with Crippen LogP contribution >= 0.6 is 69.2 Å². The summed E-state index contributed by atoms with van der Waals surface area (Å²) in [5.74, 6) is -0.819. The number of aliphatic hydroxyl groups excluding tert-OH is 1. The van der Waals surface area contributed by atoms with Crippen molar-refractivity contribution < 1.29 is 28.9 Å². The number of halogens is 4. The van der Waals surface area contributed by atoms with Gasteiger partial charge >= 0.3 is 5.97 Å². The zero-order valence-electron chi connectivity index (χ0n) is 22.3. The Morgan fingerprint density at radius 3 is 2.45 bits per heavy atom. The average molecular weight is 759 g/mol. The number of hydrogen-bond donors (Lipinski definition) is 1. The Bertz CT molecular complexity index is 1640. The van der Waals surface area contributed by atoms with Gasteiger partial charge in [0.1, 0.15) is 23.0 Å². The van der Waals surface area contributed by atoms with Gasteiger partial charge in [-0.2, -0.15) is 0 Å². The molecule has 0 atom stereocenters. The van der Waals surface area contributed by atoms with Crippen molar-refractivity contribution in [2.24, 2.45) is 4.99 Å².